The Morgan fingerprint density at radius 3 is 2.29 bits per heavy atom. The Morgan fingerprint density at radius 2 is 1.69 bits per heavy atom. The van der Waals surface area contributed by atoms with Crippen molar-refractivity contribution in [1.29, 1.82) is 0 Å². The molecule has 11 atom stereocenters. The minimum Gasteiger partial charge on any atom is -0.394 e. The topological polar surface area (TPSA) is 211 Å². The van der Waals surface area contributed by atoms with E-state index >= 15 is 0 Å². The predicted molar refractivity (Wildman–Crippen MR) is 116 cm³/mol. The monoisotopic (exact) mass is 530 g/mol. The molecule has 35 heavy (non-hydrogen) atoms. The van der Waals surface area contributed by atoms with Gasteiger partial charge in [0.25, 0.3) is 0 Å². The molecule has 14 nitrogen and oxygen atoms in total. The fourth-order valence-electron chi connectivity index (χ4n) is 4.39. The number of rotatable bonds is 9. The molecular formula is C20H35ClN2O12. The fourth-order valence-corrected chi connectivity index (χ4v) is 4.49. The van der Waals surface area contributed by atoms with Gasteiger partial charge in [-0.2, -0.15) is 0 Å². The highest BCUT2D eigenvalue weighted by atomic mass is 35.5. The lowest BCUT2D eigenvalue weighted by Gasteiger charge is -2.48. The van der Waals surface area contributed by atoms with Crippen molar-refractivity contribution >= 4 is 17.6 Å². The molecule has 0 bridgehead atoms. The second-order valence-corrected chi connectivity index (χ2v) is 9.11. The van der Waals surface area contributed by atoms with Gasteiger partial charge in [-0.1, -0.05) is 0 Å². The average molecular weight is 531 g/mol. The molecule has 204 valence electrons. The van der Waals surface area contributed by atoms with Crippen molar-refractivity contribution in [3.63, 3.8) is 0 Å². The summed E-state index contributed by atoms with van der Waals surface area (Å²) in [4.78, 5) is 14.0. The summed E-state index contributed by atoms with van der Waals surface area (Å²) >= 11 is 5.66. The normalized spacial score (nSPS) is 42.1. The first kappa shape index (κ1) is 28.7. The Hall–Kier alpha value is -0.880. The van der Waals surface area contributed by atoms with Gasteiger partial charge in [0.2, 0.25) is 0 Å². The summed E-state index contributed by atoms with van der Waals surface area (Å²) in [6.07, 6.45) is -14.5. The quantitative estimate of drug-likeness (QED) is 0.134. The maximum absolute atomic E-state index is 12.8. The number of carbonyl (C=O) groups is 1. The van der Waals surface area contributed by atoms with Gasteiger partial charge in [0.1, 0.15) is 48.8 Å². The Bertz CT molecular complexity index is 670. The highest BCUT2D eigenvalue weighted by Crippen LogP contribution is 2.31. The second kappa shape index (κ2) is 13.1. The summed E-state index contributed by atoms with van der Waals surface area (Å²) in [7, 11) is 0. The van der Waals surface area contributed by atoms with Crippen LogP contribution in [0.4, 0.5) is 4.79 Å². The van der Waals surface area contributed by atoms with E-state index in [9.17, 15) is 40.5 Å². The molecule has 3 rings (SSSR count). The molecule has 0 aromatic heterocycles. The lowest BCUT2D eigenvalue weighted by atomic mass is 9.96. The third-order valence-electron chi connectivity index (χ3n) is 6.34. The van der Waals surface area contributed by atoms with Gasteiger partial charge in [-0.25, -0.2) is 4.79 Å². The van der Waals surface area contributed by atoms with Crippen LogP contribution >= 0.6 is 11.6 Å². The number of hydrogen-bond acceptors (Lipinski definition) is 12. The smallest absolute Gasteiger partial charge is 0.319 e. The first-order valence-electron chi connectivity index (χ1n) is 11.5. The third-order valence-corrected chi connectivity index (χ3v) is 6.53. The van der Waals surface area contributed by atoms with E-state index < -0.39 is 80.6 Å². The third kappa shape index (κ3) is 6.52. The number of aliphatic hydroxyl groups is 7. The van der Waals surface area contributed by atoms with Gasteiger partial charge in [0.15, 0.2) is 12.5 Å². The highest BCUT2D eigenvalue weighted by Gasteiger charge is 2.52. The maximum Gasteiger partial charge on any atom is 0.319 e. The van der Waals surface area contributed by atoms with E-state index in [-0.39, 0.29) is 25.1 Å². The van der Waals surface area contributed by atoms with Crippen LogP contribution < -0.4 is 5.32 Å². The van der Waals surface area contributed by atoms with Crippen LogP contribution in [0.25, 0.3) is 0 Å². The first-order valence-corrected chi connectivity index (χ1v) is 12.1. The SMILES string of the molecule is O=C(NCCCl)N(CC1CCCO1)C1O[C@H](CO)[C@@H](O[C@H]2O[C@H](CO)[C@@H](O)[C@H](O)[C@H]2O)[C@H](O)[C@H]1O. The average Bonchev–Trinajstić information content (AvgIpc) is 3.37. The summed E-state index contributed by atoms with van der Waals surface area (Å²) in [6, 6.07) is -0.623. The van der Waals surface area contributed by atoms with Crippen molar-refractivity contribution < 1.29 is 59.5 Å². The van der Waals surface area contributed by atoms with E-state index in [2.05, 4.69) is 5.32 Å². The molecule has 0 aliphatic carbocycles. The molecule has 3 aliphatic rings. The minimum absolute atomic E-state index is 0.0406. The molecule has 15 heteroatoms. The number of nitrogens with zero attached hydrogens (tertiary/aromatic N) is 1. The Labute approximate surface area is 206 Å². The first-order chi connectivity index (χ1) is 16.7. The van der Waals surface area contributed by atoms with E-state index in [1.54, 1.807) is 0 Å². The molecule has 0 aromatic rings. The van der Waals surface area contributed by atoms with Crippen molar-refractivity contribution in [2.24, 2.45) is 0 Å². The number of carbonyl (C=O) groups excluding carboxylic acids is 1. The number of amides is 2. The number of hydrogen-bond donors (Lipinski definition) is 8. The van der Waals surface area contributed by atoms with E-state index in [1.807, 2.05) is 0 Å². The number of ether oxygens (including phenoxy) is 4. The molecule has 2 unspecified atom stereocenters. The highest BCUT2D eigenvalue weighted by molar-refractivity contribution is 6.18. The van der Waals surface area contributed by atoms with E-state index in [0.29, 0.717) is 13.0 Å². The van der Waals surface area contributed by atoms with Crippen LogP contribution in [0, 0.1) is 0 Å². The van der Waals surface area contributed by atoms with Crippen LogP contribution in [0.5, 0.6) is 0 Å². The molecular weight excluding hydrogens is 496 g/mol. The summed E-state index contributed by atoms with van der Waals surface area (Å²) in [5.41, 5.74) is 0. The zero-order valence-corrected chi connectivity index (χ0v) is 19.8. The van der Waals surface area contributed by atoms with Gasteiger partial charge >= 0.3 is 6.03 Å². The maximum atomic E-state index is 12.8. The number of nitrogens with one attached hydrogen (secondary N) is 1. The number of halogens is 1. The standard InChI is InChI=1S/C20H35ClN2O12/c21-3-4-22-20(31)23(6-9-2-1-5-32-9)18-15(29)14(28)17(11(8-25)33-18)35-19-16(30)13(27)12(26)10(7-24)34-19/h9-19,24-30H,1-8H2,(H,22,31)/t9?,10-,11-,12-,13+,14-,15-,16-,17-,18?,19-/m1/s1. The van der Waals surface area contributed by atoms with Crippen LogP contribution in [0.1, 0.15) is 12.8 Å². The zero-order valence-electron chi connectivity index (χ0n) is 19.0. The largest absolute Gasteiger partial charge is 0.394 e. The molecule has 3 fully saturated rings. The molecule has 0 saturated carbocycles. The van der Waals surface area contributed by atoms with Crippen LogP contribution in [0.2, 0.25) is 0 Å². The molecule has 0 spiro atoms. The van der Waals surface area contributed by atoms with Gasteiger partial charge in [0, 0.05) is 19.0 Å². The molecule has 0 radical (unpaired) electrons. The molecule has 2 amide bonds. The van der Waals surface area contributed by atoms with Gasteiger partial charge in [-0.3, -0.25) is 4.90 Å². The lowest BCUT2D eigenvalue weighted by molar-refractivity contribution is -0.347. The predicted octanol–water partition coefficient (Wildman–Crippen LogP) is -3.96. The Kier molecular flexibility index (Phi) is 10.7. The van der Waals surface area contributed by atoms with Gasteiger partial charge in [-0.15, -0.1) is 11.6 Å². The van der Waals surface area contributed by atoms with E-state index in [0.717, 1.165) is 11.3 Å². The van der Waals surface area contributed by atoms with E-state index in [4.69, 9.17) is 30.5 Å². The van der Waals surface area contributed by atoms with Crippen LogP contribution in [0.3, 0.4) is 0 Å². The molecule has 3 aliphatic heterocycles. The molecule has 8 N–H and O–H groups in total. The zero-order chi connectivity index (χ0) is 25.7. The summed E-state index contributed by atoms with van der Waals surface area (Å²) in [5.74, 6) is 0.143. The van der Waals surface area contributed by atoms with E-state index in [1.165, 1.54) is 0 Å². The fraction of sp³-hybridized carbons (Fsp3) is 0.950. The summed E-state index contributed by atoms with van der Waals surface area (Å²) in [6.45, 7) is -0.705. The van der Waals surface area contributed by atoms with Gasteiger partial charge < -0.3 is 60.0 Å². The minimum atomic E-state index is -1.77. The Balaban J connectivity index is 1.76. The number of aliphatic hydroxyl groups excluding tert-OH is 7. The van der Waals surface area contributed by atoms with Crippen LogP contribution in [0.15, 0.2) is 0 Å². The Morgan fingerprint density at radius 1 is 0.971 bits per heavy atom. The van der Waals surface area contributed by atoms with Crippen molar-refractivity contribution in [2.75, 3.05) is 38.8 Å². The number of urea groups is 1. The second-order valence-electron chi connectivity index (χ2n) is 8.74. The molecule has 3 saturated heterocycles. The summed E-state index contributed by atoms with van der Waals surface area (Å²) < 4.78 is 22.2. The van der Waals surface area contributed by atoms with Gasteiger partial charge in [-0.05, 0) is 12.8 Å². The molecule has 3 heterocycles. The molecule has 0 aromatic carbocycles. The van der Waals surface area contributed by atoms with Crippen LogP contribution in [-0.2, 0) is 18.9 Å². The van der Waals surface area contributed by atoms with Gasteiger partial charge in [0.05, 0.1) is 25.9 Å². The van der Waals surface area contributed by atoms with Crippen LogP contribution in [-0.4, -0.2) is 153 Å². The lowest BCUT2D eigenvalue weighted by Crippen LogP contribution is -2.68. The van der Waals surface area contributed by atoms with Crippen molar-refractivity contribution in [3.05, 3.63) is 0 Å². The summed E-state index contributed by atoms with van der Waals surface area (Å²) in [5, 5.41) is 73.8. The number of alkyl halides is 1. The van der Waals surface area contributed by atoms with Crippen molar-refractivity contribution in [3.8, 4) is 0 Å². The van der Waals surface area contributed by atoms with Crippen molar-refractivity contribution in [1.82, 2.24) is 10.2 Å². The van der Waals surface area contributed by atoms with Crippen molar-refractivity contribution in [2.45, 2.75) is 80.3 Å².